The molecular formula is C15H24N2O6S. The molecule has 0 aliphatic heterocycles. The Hall–Kier alpha value is -2.00. The van der Waals surface area contributed by atoms with Gasteiger partial charge in [0.15, 0.2) is 11.5 Å². The molecule has 0 aromatic heterocycles. The normalized spacial score (nSPS) is 12.4. The van der Waals surface area contributed by atoms with Crippen molar-refractivity contribution in [3.63, 3.8) is 0 Å². The zero-order valence-corrected chi connectivity index (χ0v) is 15.3. The average Bonchev–Trinajstić information content (AvgIpc) is 2.51. The standard InChI is InChI=1S/C15H24N2O6S/c1-10(17-14(18)6-7-16-24(5,19)20)11-8-12(21-2)15(23-4)13(9-11)22-3/h8-10,16H,6-7H2,1-5H3,(H,17,18)/t10-/m1/s1. The number of sulfonamides is 1. The van der Waals surface area contributed by atoms with Crippen LogP contribution in [0.15, 0.2) is 12.1 Å². The van der Waals surface area contributed by atoms with Crippen LogP contribution >= 0.6 is 0 Å². The van der Waals surface area contributed by atoms with Gasteiger partial charge in [-0.2, -0.15) is 0 Å². The summed E-state index contributed by atoms with van der Waals surface area (Å²) in [5, 5.41) is 2.80. The summed E-state index contributed by atoms with van der Waals surface area (Å²) in [6.45, 7) is 1.86. The second-order valence-electron chi connectivity index (χ2n) is 5.16. The quantitative estimate of drug-likeness (QED) is 0.676. The molecule has 1 aromatic rings. The summed E-state index contributed by atoms with van der Waals surface area (Å²) >= 11 is 0. The van der Waals surface area contributed by atoms with Crippen molar-refractivity contribution < 1.29 is 27.4 Å². The van der Waals surface area contributed by atoms with Crippen molar-refractivity contribution in [2.75, 3.05) is 34.1 Å². The summed E-state index contributed by atoms with van der Waals surface area (Å²) in [7, 11) is 1.24. The molecule has 0 aliphatic carbocycles. The van der Waals surface area contributed by atoms with Crippen LogP contribution in [-0.2, 0) is 14.8 Å². The third-order valence-electron chi connectivity index (χ3n) is 3.28. The molecule has 2 N–H and O–H groups in total. The molecule has 0 radical (unpaired) electrons. The van der Waals surface area contributed by atoms with E-state index in [1.807, 2.05) is 6.92 Å². The lowest BCUT2D eigenvalue weighted by Crippen LogP contribution is -2.31. The lowest BCUT2D eigenvalue weighted by Gasteiger charge is -2.18. The maximum Gasteiger partial charge on any atom is 0.221 e. The summed E-state index contributed by atoms with van der Waals surface area (Å²) in [6, 6.07) is 3.19. The number of benzene rings is 1. The fourth-order valence-electron chi connectivity index (χ4n) is 2.10. The first-order chi connectivity index (χ1) is 11.2. The van der Waals surface area contributed by atoms with E-state index in [4.69, 9.17) is 14.2 Å². The SMILES string of the molecule is COc1cc([C@@H](C)NC(=O)CCNS(C)(=O)=O)cc(OC)c1OC. The number of rotatable bonds is 9. The number of methoxy groups -OCH3 is 3. The maximum absolute atomic E-state index is 11.9. The van der Waals surface area contributed by atoms with E-state index in [-0.39, 0.29) is 24.9 Å². The van der Waals surface area contributed by atoms with Crippen LogP contribution in [0.3, 0.4) is 0 Å². The topological polar surface area (TPSA) is 103 Å². The van der Waals surface area contributed by atoms with Crippen LogP contribution in [0.4, 0.5) is 0 Å². The number of ether oxygens (including phenoxy) is 3. The highest BCUT2D eigenvalue weighted by Crippen LogP contribution is 2.39. The minimum atomic E-state index is -3.30. The number of carbonyl (C=O) groups excluding carboxylic acids is 1. The van der Waals surface area contributed by atoms with E-state index < -0.39 is 10.0 Å². The first-order valence-corrected chi connectivity index (χ1v) is 9.14. The third kappa shape index (κ3) is 5.89. The molecule has 0 spiro atoms. The predicted molar refractivity (Wildman–Crippen MR) is 90.1 cm³/mol. The van der Waals surface area contributed by atoms with Crippen LogP contribution in [0.5, 0.6) is 17.2 Å². The molecule has 0 saturated carbocycles. The maximum atomic E-state index is 11.9. The van der Waals surface area contributed by atoms with Crippen LogP contribution < -0.4 is 24.2 Å². The van der Waals surface area contributed by atoms with Gasteiger partial charge in [0, 0.05) is 13.0 Å². The molecule has 24 heavy (non-hydrogen) atoms. The Balaban J connectivity index is 2.80. The molecule has 8 nitrogen and oxygen atoms in total. The summed E-state index contributed by atoms with van der Waals surface area (Å²) in [5.74, 6) is 1.19. The number of amides is 1. The highest BCUT2D eigenvalue weighted by Gasteiger charge is 2.17. The van der Waals surface area contributed by atoms with Gasteiger partial charge in [0.25, 0.3) is 0 Å². The van der Waals surface area contributed by atoms with Gasteiger partial charge in [0.1, 0.15) is 0 Å². The van der Waals surface area contributed by atoms with Gasteiger partial charge in [-0.05, 0) is 24.6 Å². The van der Waals surface area contributed by atoms with Gasteiger partial charge in [0.2, 0.25) is 21.7 Å². The Labute approximate surface area is 142 Å². The molecular weight excluding hydrogens is 336 g/mol. The van der Waals surface area contributed by atoms with Gasteiger partial charge in [-0.3, -0.25) is 4.79 Å². The zero-order valence-electron chi connectivity index (χ0n) is 14.5. The van der Waals surface area contributed by atoms with Crippen molar-refractivity contribution in [1.29, 1.82) is 0 Å². The van der Waals surface area contributed by atoms with Crippen LogP contribution in [0.2, 0.25) is 0 Å². The first-order valence-electron chi connectivity index (χ1n) is 7.25. The molecule has 136 valence electrons. The number of hydrogen-bond donors (Lipinski definition) is 2. The fourth-order valence-corrected chi connectivity index (χ4v) is 2.57. The molecule has 0 heterocycles. The van der Waals surface area contributed by atoms with Crippen molar-refractivity contribution in [1.82, 2.24) is 10.0 Å². The molecule has 0 fully saturated rings. The molecule has 9 heteroatoms. The van der Waals surface area contributed by atoms with Gasteiger partial charge in [-0.1, -0.05) is 0 Å². The van der Waals surface area contributed by atoms with Crippen LogP contribution in [0.1, 0.15) is 24.9 Å². The Morgan fingerprint density at radius 3 is 2.08 bits per heavy atom. The van der Waals surface area contributed by atoms with Gasteiger partial charge in [-0.25, -0.2) is 13.1 Å². The minimum absolute atomic E-state index is 0.0435. The molecule has 1 rings (SSSR count). The summed E-state index contributed by atoms with van der Waals surface area (Å²) in [4.78, 5) is 11.9. The van der Waals surface area contributed by atoms with Crippen LogP contribution in [0.25, 0.3) is 0 Å². The molecule has 0 saturated heterocycles. The Morgan fingerprint density at radius 1 is 1.12 bits per heavy atom. The molecule has 1 atom stereocenters. The lowest BCUT2D eigenvalue weighted by atomic mass is 10.1. The minimum Gasteiger partial charge on any atom is -0.493 e. The Bertz CT molecular complexity index is 650. The van der Waals surface area contributed by atoms with E-state index in [0.717, 1.165) is 11.8 Å². The second-order valence-corrected chi connectivity index (χ2v) is 7.00. The zero-order chi connectivity index (χ0) is 18.3. The van der Waals surface area contributed by atoms with Crippen molar-refractivity contribution in [3.8, 4) is 17.2 Å². The Morgan fingerprint density at radius 2 is 1.67 bits per heavy atom. The van der Waals surface area contributed by atoms with E-state index in [2.05, 4.69) is 10.0 Å². The number of carbonyl (C=O) groups is 1. The highest BCUT2D eigenvalue weighted by atomic mass is 32.2. The molecule has 1 aromatic carbocycles. The summed E-state index contributed by atoms with van der Waals surface area (Å²) in [6.07, 6.45) is 1.09. The Kier molecular flexibility index (Phi) is 7.30. The van der Waals surface area contributed by atoms with Gasteiger partial charge in [0.05, 0.1) is 33.6 Å². The molecule has 0 bridgehead atoms. The van der Waals surface area contributed by atoms with E-state index in [9.17, 15) is 13.2 Å². The molecule has 1 amide bonds. The summed E-state index contributed by atoms with van der Waals surface area (Å²) in [5.41, 5.74) is 0.772. The second kappa shape index (κ2) is 8.74. The number of hydrogen-bond acceptors (Lipinski definition) is 6. The van der Waals surface area contributed by atoms with Crippen molar-refractivity contribution in [3.05, 3.63) is 17.7 Å². The van der Waals surface area contributed by atoms with Crippen LogP contribution in [-0.4, -0.2) is 48.5 Å². The third-order valence-corrected chi connectivity index (χ3v) is 4.01. The van der Waals surface area contributed by atoms with Crippen molar-refractivity contribution in [2.45, 2.75) is 19.4 Å². The van der Waals surface area contributed by atoms with Crippen molar-refractivity contribution in [2.24, 2.45) is 0 Å². The molecule has 0 unspecified atom stereocenters. The largest absolute Gasteiger partial charge is 0.493 e. The van der Waals surface area contributed by atoms with Crippen LogP contribution in [0, 0.1) is 0 Å². The van der Waals surface area contributed by atoms with Gasteiger partial charge < -0.3 is 19.5 Å². The monoisotopic (exact) mass is 360 g/mol. The van der Waals surface area contributed by atoms with Crippen molar-refractivity contribution >= 4 is 15.9 Å². The fraction of sp³-hybridized carbons (Fsp3) is 0.533. The van der Waals surface area contributed by atoms with E-state index in [1.165, 1.54) is 21.3 Å². The average molecular weight is 360 g/mol. The van der Waals surface area contributed by atoms with E-state index in [0.29, 0.717) is 17.2 Å². The smallest absolute Gasteiger partial charge is 0.221 e. The molecule has 0 aliphatic rings. The van der Waals surface area contributed by atoms with Gasteiger partial charge in [-0.15, -0.1) is 0 Å². The number of nitrogens with one attached hydrogen (secondary N) is 2. The summed E-state index contributed by atoms with van der Waals surface area (Å²) < 4.78 is 40.0. The lowest BCUT2D eigenvalue weighted by molar-refractivity contribution is -0.121. The van der Waals surface area contributed by atoms with E-state index in [1.54, 1.807) is 12.1 Å². The van der Waals surface area contributed by atoms with Gasteiger partial charge >= 0.3 is 0 Å². The first kappa shape index (κ1) is 20.0. The predicted octanol–water partition coefficient (Wildman–Crippen LogP) is 0.829. The van der Waals surface area contributed by atoms with E-state index >= 15 is 0 Å². The highest BCUT2D eigenvalue weighted by molar-refractivity contribution is 7.88.